The van der Waals surface area contributed by atoms with E-state index in [1.54, 1.807) is 37.0 Å². The Hall–Kier alpha value is -2.88. The Morgan fingerprint density at radius 1 is 1.25 bits per heavy atom. The van der Waals surface area contributed by atoms with Crippen LogP contribution < -0.4 is 5.32 Å². The average molecular weight is 503 g/mol. The van der Waals surface area contributed by atoms with Gasteiger partial charge in [-0.15, -0.1) is 0 Å². The number of rotatable bonds is 10. The highest BCUT2D eigenvalue weighted by atomic mass is 19.3. The summed E-state index contributed by atoms with van der Waals surface area (Å²) in [6.45, 7) is 8.40. The van der Waals surface area contributed by atoms with Crippen LogP contribution in [0.15, 0.2) is 24.7 Å². The van der Waals surface area contributed by atoms with Crippen molar-refractivity contribution < 1.29 is 18.7 Å². The highest BCUT2D eigenvalue weighted by Crippen LogP contribution is 2.36. The monoisotopic (exact) mass is 502 g/mol. The lowest BCUT2D eigenvalue weighted by Gasteiger charge is -2.30. The van der Waals surface area contributed by atoms with Gasteiger partial charge in [0.05, 0.1) is 23.4 Å². The van der Waals surface area contributed by atoms with Crippen molar-refractivity contribution in [2.24, 2.45) is 11.8 Å². The van der Waals surface area contributed by atoms with Gasteiger partial charge in [-0.2, -0.15) is 10.2 Å². The Labute approximate surface area is 210 Å². The Bertz CT molecular complexity index is 1190. The molecule has 0 radical (unpaired) electrons. The number of fused-ring (bicyclic) bond motifs is 1. The fourth-order valence-corrected chi connectivity index (χ4v) is 4.91. The largest absolute Gasteiger partial charge is 0.390 e. The predicted octanol–water partition coefficient (Wildman–Crippen LogP) is 5.25. The summed E-state index contributed by atoms with van der Waals surface area (Å²) in [6, 6.07) is 1.81. The Kier molecular flexibility index (Phi) is 7.73. The van der Waals surface area contributed by atoms with Crippen molar-refractivity contribution in [2.75, 3.05) is 11.9 Å². The second-order valence-electron chi connectivity index (χ2n) is 10.9. The van der Waals surface area contributed by atoms with Crippen molar-refractivity contribution in [1.29, 1.82) is 0 Å². The minimum atomic E-state index is -2.75. The standard InChI is InChI=1S/C26H36F2N6O2/c1-16(2)17-5-7-19(8-6-17)34-15-18(23(32-34)24(27)28)13-21(35)20-14-30-33-12-9-22(31-25(20)33)29-11-10-26(3,4)36/h9,12,14-17,19,24,36H,5-8,10-11,13H2,1-4H3,(H,29,31). The minimum Gasteiger partial charge on any atom is -0.390 e. The summed E-state index contributed by atoms with van der Waals surface area (Å²) in [6.07, 6.45) is 6.22. The third kappa shape index (κ3) is 6.08. The molecule has 0 bridgehead atoms. The van der Waals surface area contributed by atoms with Gasteiger partial charge in [0.1, 0.15) is 11.5 Å². The number of aliphatic hydroxyl groups is 1. The number of aromatic nitrogens is 5. The topological polar surface area (TPSA) is 97.3 Å². The first-order valence-corrected chi connectivity index (χ1v) is 12.7. The van der Waals surface area contributed by atoms with Crippen molar-refractivity contribution in [2.45, 2.75) is 84.3 Å². The molecule has 1 saturated carbocycles. The maximum absolute atomic E-state index is 13.8. The average Bonchev–Trinajstić information content (AvgIpc) is 3.42. The number of nitrogens with zero attached hydrogens (tertiary/aromatic N) is 5. The van der Waals surface area contributed by atoms with Crippen LogP contribution in [0.25, 0.3) is 5.65 Å². The molecule has 1 fully saturated rings. The lowest BCUT2D eigenvalue weighted by molar-refractivity contribution is 0.0748. The molecule has 0 aliphatic heterocycles. The maximum Gasteiger partial charge on any atom is 0.282 e. The van der Waals surface area contributed by atoms with Gasteiger partial charge >= 0.3 is 0 Å². The summed E-state index contributed by atoms with van der Waals surface area (Å²) in [5, 5.41) is 21.4. The van der Waals surface area contributed by atoms with E-state index in [0.717, 1.165) is 25.7 Å². The second kappa shape index (κ2) is 10.6. The molecule has 3 aromatic heterocycles. The highest BCUT2D eigenvalue weighted by molar-refractivity contribution is 6.02. The Morgan fingerprint density at radius 2 is 1.97 bits per heavy atom. The minimum absolute atomic E-state index is 0.0810. The van der Waals surface area contributed by atoms with Crippen molar-refractivity contribution in [3.05, 3.63) is 41.5 Å². The quantitative estimate of drug-likeness (QED) is 0.368. The van der Waals surface area contributed by atoms with Gasteiger partial charge in [-0.05, 0) is 63.9 Å². The van der Waals surface area contributed by atoms with Crippen molar-refractivity contribution in [3.8, 4) is 0 Å². The third-order valence-electron chi connectivity index (χ3n) is 7.17. The predicted molar refractivity (Wildman–Crippen MR) is 133 cm³/mol. The Morgan fingerprint density at radius 3 is 2.61 bits per heavy atom. The number of Topliss-reactive ketones (excluding diaryl/α,β-unsaturated/α-hetero) is 1. The van der Waals surface area contributed by atoms with Crippen LogP contribution >= 0.6 is 0 Å². The number of hydrogen-bond acceptors (Lipinski definition) is 6. The highest BCUT2D eigenvalue weighted by Gasteiger charge is 2.28. The molecular formula is C26H36F2N6O2. The van der Waals surface area contributed by atoms with E-state index in [1.165, 1.54) is 10.7 Å². The summed E-state index contributed by atoms with van der Waals surface area (Å²) in [5.74, 6) is 1.48. The zero-order chi connectivity index (χ0) is 26.0. The van der Waals surface area contributed by atoms with Crippen LogP contribution in [0.3, 0.4) is 0 Å². The van der Waals surface area contributed by atoms with Gasteiger partial charge in [0.2, 0.25) is 0 Å². The summed E-state index contributed by atoms with van der Waals surface area (Å²) in [5.41, 5.74) is -0.263. The van der Waals surface area contributed by atoms with Gasteiger partial charge < -0.3 is 10.4 Å². The van der Waals surface area contributed by atoms with Gasteiger partial charge in [0.15, 0.2) is 11.4 Å². The first-order chi connectivity index (χ1) is 17.0. The molecule has 36 heavy (non-hydrogen) atoms. The summed E-state index contributed by atoms with van der Waals surface area (Å²) in [7, 11) is 0. The summed E-state index contributed by atoms with van der Waals surface area (Å²) >= 11 is 0. The van der Waals surface area contributed by atoms with Crippen LogP contribution in [0.2, 0.25) is 0 Å². The molecule has 0 aromatic carbocycles. The second-order valence-corrected chi connectivity index (χ2v) is 10.9. The first kappa shape index (κ1) is 26.2. The molecule has 0 unspecified atom stereocenters. The van der Waals surface area contributed by atoms with Crippen LogP contribution in [0.4, 0.5) is 14.6 Å². The number of halogens is 2. The molecule has 8 nitrogen and oxygen atoms in total. The molecule has 10 heteroatoms. The van der Waals surface area contributed by atoms with Gasteiger partial charge in [0.25, 0.3) is 6.43 Å². The lowest BCUT2D eigenvalue weighted by Crippen LogP contribution is -2.22. The van der Waals surface area contributed by atoms with E-state index in [9.17, 15) is 18.7 Å². The SMILES string of the molecule is CC(C)C1CCC(n2cc(CC(=O)c3cnn4ccc(NCCC(C)(C)O)nc34)c(C(F)F)n2)CC1. The molecule has 4 rings (SSSR count). The molecule has 2 N–H and O–H groups in total. The summed E-state index contributed by atoms with van der Waals surface area (Å²) < 4.78 is 30.8. The molecule has 3 aromatic rings. The van der Waals surface area contributed by atoms with E-state index >= 15 is 0 Å². The normalized spacial score (nSPS) is 18.9. The van der Waals surface area contributed by atoms with Crippen LogP contribution in [0, 0.1) is 11.8 Å². The fraction of sp³-hybridized carbons (Fsp3) is 0.615. The molecular weight excluding hydrogens is 466 g/mol. The van der Waals surface area contributed by atoms with Gasteiger partial charge in [-0.1, -0.05) is 13.8 Å². The van der Waals surface area contributed by atoms with Crippen LogP contribution in [-0.2, 0) is 6.42 Å². The number of ketones is 1. The molecule has 0 spiro atoms. The van der Waals surface area contributed by atoms with Gasteiger partial charge in [0, 0.05) is 30.9 Å². The fourth-order valence-electron chi connectivity index (χ4n) is 4.91. The number of hydrogen-bond donors (Lipinski definition) is 2. The number of carbonyl (C=O) groups excluding carboxylic acids is 1. The third-order valence-corrected chi connectivity index (χ3v) is 7.17. The number of carbonyl (C=O) groups is 1. The van der Waals surface area contributed by atoms with Crippen LogP contribution in [0.1, 0.15) is 93.9 Å². The zero-order valence-electron chi connectivity index (χ0n) is 21.4. The van der Waals surface area contributed by atoms with E-state index in [1.807, 2.05) is 0 Å². The van der Waals surface area contributed by atoms with Gasteiger partial charge in [-0.3, -0.25) is 9.48 Å². The van der Waals surface area contributed by atoms with Crippen LogP contribution in [0.5, 0.6) is 0 Å². The molecule has 196 valence electrons. The Balaban J connectivity index is 1.50. The van der Waals surface area contributed by atoms with E-state index in [2.05, 4.69) is 34.3 Å². The van der Waals surface area contributed by atoms with E-state index in [-0.39, 0.29) is 35.1 Å². The molecule has 3 heterocycles. The van der Waals surface area contributed by atoms with Crippen molar-refractivity contribution >= 4 is 17.2 Å². The zero-order valence-corrected chi connectivity index (χ0v) is 21.4. The number of nitrogens with one attached hydrogen (secondary N) is 1. The molecule has 1 aliphatic carbocycles. The molecule has 0 saturated heterocycles. The van der Waals surface area contributed by atoms with E-state index in [0.29, 0.717) is 36.3 Å². The van der Waals surface area contributed by atoms with E-state index < -0.39 is 12.0 Å². The van der Waals surface area contributed by atoms with Crippen LogP contribution in [-0.4, -0.2) is 47.4 Å². The molecule has 1 aliphatic rings. The van der Waals surface area contributed by atoms with Crippen molar-refractivity contribution in [1.82, 2.24) is 24.4 Å². The maximum atomic E-state index is 13.8. The lowest BCUT2D eigenvalue weighted by atomic mass is 9.80. The molecule has 0 atom stereocenters. The van der Waals surface area contributed by atoms with Crippen molar-refractivity contribution in [3.63, 3.8) is 0 Å². The van der Waals surface area contributed by atoms with Gasteiger partial charge in [-0.25, -0.2) is 18.3 Å². The molecule has 0 amide bonds. The number of anilines is 1. The first-order valence-electron chi connectivity index (χ1n) is 12.7. The number of alkyl halides is 2. The van der Waals surface area contributed by atoms with E-state index in [4.69, 9.17) is 0 Å². The smallest absolute Gasteiger partial charge is 0.282 e. The summed E-state index contributed by atoms with van der Waals surface area (Å²) in [4.78, 5) is 17.7.